The first-order valence-corrected chi connectivity index (χ1v) is 5.36. The van der Waals surface area contributed by atoms with Crippen molar-refractivity contribution in [1.82, 2.24) is 0 Å². The third-order valence-electron chi connectivity index (χ3n) is 1.53. The Hall–Kier alpha value is -0.480. The van der Waals surface area contributed by atoms with E-state index < -0.39 is 5.97 Å². The zero-order valence-electron chi connectivity index (χ0n) is 8.08. The van der Waals surface area contributed by atoms with Crippen LogP contribution in [0.15, 0.2) is 11.6 Å². The van der Waals surface area contributed by atoms with Crippen molar-refractivity contribution in [2.75, 3.05) is 25.2 Å². The largest absolute Gasteiger partial charge is 0.478 e. The Labute approximate surface area is 83.2 Å². The SMILES string of the molecule is CCC(=CCSCCOC)C(=O)O. The molecule has 0 rings (SSSR count). The molecular weight excluding hydrogens is 188 g/mol. The van der Waals surface area contributed by atoms with Gasteiger partial charge in [0, 0.05) is 24.2 Å². The van der Waals surface area contributed by atoms with Crippen molar-refractivity contribution in [2.24, 2.45) is 0 Å². The molecule has 0 aromatic carbocycles. The van der Waals surface area contributed by atoms with E-state index in [1.54, 1.807) is 24.9 Å². The van der Waals surface area contributed by atoms with Crippen LogP contribution >= 0.6 is 11.8 Å². The summed E-state index contributed by atoms with van der Waals surface area (Å²) in [4.78, 5) is 10.5. The number of carboxylic acid groups (broad SMARTS) is 1. The molecule has 0 aromatic heterocycles. The quantitative estimate of drug-likeness (QED) is 0.507. The van der Waals surface area contributed by atoms with Gasteiger partial charge in [-0.05, 0) is 6.42 Å². The van der Waals surface area contributed by atoms with Gasteiger partial charge in [0.15, 0.2) is 0 Å². The standard InChI is InChI=1S/C9H16O3S/c1-3-8(9(10)11)4-6-13-7-5-12-2/h4H,3,5-7H2,1-2H3,(H,10,11). The lowest BCUT2D eigenvalue weighted by Crippen LogP contribution is -2.00. The number of hydrogen-bond acceptors (Lipinski definition) is 3. The Balaban J connectivity index is 3.61. The van der Waals surface area contributed by atoms with E-state index in [2.05, 4.69) is 0 Å². The predicted octanol–water partition coefficient (Wildman–Crippen LogP) is 1.79. The van der Waals surface area contributed by atoms with E-state index in [9.17, 15) is 4.79 Å². The molecular formula is C9H16O3S. The van der Waals surface area contributed by atoms with Gasteiger partial charge in [0.1, 0.15) is 0 Å². The summed E-state index contributed by atoms with van der Waals surface area (Å²) in [6, 6.07) is 0. The Morgan fingerprint density at radius 3 is 2.77 bits per heavy atom. The second-order valence-electron chi connectivity index (χ2n) is 2.46. The molecule has 0 fully saturated rings. The molecule has 3 nitrogen and oxygen atoms in total. The van der Waals surface area contributed by atoms with Crippen LogP contribution in [-0.4, -0.2) is 36.3 Å². The zero-order chi connectivity index (χ0) is 10.1. The minimum absolute atomic E-state index is 0.491. The van der Waals surface area contributed by atoms with Crippen LogP contribution in [0, 0.1) is 0 Å². The van der Waals surface area contributed by atoms with Gasteiger partial charge in [0.05, 0.1) is 6.61 Å². The molecule has 0 radical (unpaired) electrons. The van der Waals surface area contributed by atoms with Crippen molar-refractivity contribution in [1.29, 1.82) is 0 Å². The number of ether oxygens (including phenoxy) is 1. The molecule has 0 spiro atoms. The molecule has 0 saturated heterocycles. The first kappa shape index (κ1) is 12.5. The number of carbonyl (C=O) groups is 1. The van der Waals surface area contributed by atoms with Crippen LogP contribution in [-0.2, 0) is 9.53 Å². The molecule has 13 heavy (non-hydrogen) atoms. The van der Waals surface area contributed by atoms with E-state index in [0.29, 0.717) is 18.6 Å². The first-order valence-electron chi connectivity index (χ1n) is 4.21. The molecule has 76 valence electrons. The van der Waals surface area contributed by atoms with Gasteiger partial charge in [-0.3, -0.25) is 0 Å². The fraction of sp³-hybridized carbons (Fsp3) is 0.667. The average Bonchev–Trinajstić information content (AvgIpc) is 2.10. The highest BCUT2D eigenvalue weighted by molar-refractivity contribution is 7.99. The van der Waals surface area contributed by atoms with E-state index >= 15 is 0 Å². The summed E-state index contributed by atoms with van der Waals surface area (Å²) < 4.78 is 4.86. The van der Waals surface area contributed by atoms with Crippen molar-refractivity contribution in [2.45, 2.75) is 13.3 Å². The third kappa shape index (κ3) is 6.66. The molecule has 0 aliphatic carbocycles. The van der Waals surface area contributed by atoms with Gasteiger partial charge >= 0.3 is 5.97 Å². The number of rotatable bonds is 7. The van der Waals surface area contributed by atoms with Crippen LogP contribution in [0.25, 0.3) is 0 Å². The smallest absolute Gasteiger partial charge is 0.331 e. The summed E-state index contributed by atoms with van der Waals surface area (Å²) in [5, 5.41) is 8.67. The van der Waals surface area contributed by atoms with Gasteiger partial charge in [-0.15, -0.1) is 0 Å². The van der Waals surface area contributed by atoms with Gasteiger partial charge in [0.25, 0.3) is 0 Å². The number of methoxy groups -OCH3 is 1. The zero-order valence-corrected chi connectivity index (χ0v) is 8.89. The summed E-state index contributed by atoms with van der Waals surface area (Å²) in [7, 11) is 1.66. The minimum atomic E-state index is -0.810. The maximum absolute atomic E-state index is 10.5. The van der Waals surface area contributed by atoms with Gasteiger partial charge in [-0.1, -0.05) is 13.0 Å². The Bertz CT molecular complexity index is 178. The summed E-state index contributed by atoms with van der Waals surface area (Å²) in [5.41, 5.74) is 0.491. The summed E-state index contributed by atoms with van der Waals surface area (Å²) in [6.45, 7) is 2.56. The van der Waals surface area contributed by atoms with Crippen LogP contribution in [0.1, 0.15) is 13.3 Å². The molecule has 0 aliphatic rings. The molecule has 0 aromatic rings. The molecule has 0 saturated carbocycles. The molecule has 4 heteroatoms. The van der Waals surface area contributed by atoms with Crippen LogP contribution in [0.5, 0.6) is 0 Å². The first-order chi connectivity index (χ1) is 6.22. The maximum Gasteiger partial charge on any atom is 0.331 e. The van der Waals surface area contributed by atoms with E-state index in [0.717, 1.165) is 11.5 Å². The summed E-state index contributed by atoms with van der Waals surface area (Å²) >= 11 is 1.67. The van der Waals surface area contributed by atoms with Crippen molar-refractivity contribution in [3.63, 3.8) is 0 Å². The third-order valence-corrected chi connectivity index (χ3v) is 2.39. The second-order valence-corrected chi connectivity index (χ2v) is 3.61. The van der Waals surface area contributed by atoms with E-state index in [-0.39, 0.29) is 0 Å². The monoisotopic (exact) mass is 204 g/mol. The van der Waals surface area contributed by atoms with Crippen molar-refractivity contribution in [3.05, 3.63) is 11.6 Å². The van der Waals surface area contributed by atoms with E-state index in [1.165, 1.54) is 0 Å². The number of aliphatic carboxylic acids is 1. The number of thioether (sulfide) groups is 1. The molecule has 0 bridgehead atoms. The van der Waals surface area contributed by atoms with Crippen LogP contribution in [0.2, 0.25) is 0 Å². The number of carboxylic acids is 1. The van der Waals surface area contributed by atoms with Crippen molar-refractivity contribution < 1.29 is 14.6 Å². The van der Waals surface area contributed by atoms with Gasteiger partial charge in [0.2, 0.25) is 0 Å². The predicted molar refractivity (Wildman–Crippen MR) is 55.2 cm³/mol. The minimum Gasteiger partial charge on any atom is -0.478 e. The van der Waals surface area contributed by atoms with Gasteiger partial charge in [-0.2, -0.15) is 11.8 Å². The van der Waals surface area contributed by atoms with Gasteiger partial charge < -0.3 is 9.84 Å². The molecule has 0 atom stereocenters. The summed E-state index contributed by atoms with van der Waals surface area (Å²) in [5.74, 6) is 0.845. The van der Waals surface area contributed by atoms with Crippen LogP contribution in [0.3, 0.4) is 0 Å². The molecule has 0 heterocycles. The van der Waals surface area contributed by atoms with Crippen molar-refractivity contribution in [3.8, 4) is 0 Å². The fourth-order valence-corrected chi connectivity index (χ4v) is 1.54. The average molecular weight is 204 g/mol. The molecule has 1 N–H and O–H groups in total. The second kappa shape index (κ2) is 8.13. The highest BCUT2D eigenvalue weighted by Gasteiger charge is 2.02. The van der Waals surface area contributed by atoms with E-state index in [1.807, 2.05) is 6.92 Å². The molecule has 0 unspecified atom stereocenters. The lowest BCUT2D eigenvalue weighted by atomic mass is 10.2. The van der Waals surface area contributed by atoms with Gasteiger partial charge in [-0.25, -0.2) is 4.79 Å². The Morgan fingerprint density at radius 2 is 2.31 bits per heavy atom. The van der Waals surface area contributed by atoms with Crippen LogP contribution < -0.4 is 0 Å². The fourth-order valence-electron chi connectivity index (χ4n) is 0.768. The lowest BCUT2D eigenvalue weighted by Gasteiger charge is -1.98. The topological polar surface area (TPSA) is 46.5 Å². The highest BCUT2D eigenvalue weighted by atomic mass is 32.2. The Morgan fingerprint density at radius 1 is 1.62 bits per heavy atom. The van der Waals surface area contributed by atoms with E-state index in [4.69, 9.17) is 9.84 Å². The molecule has 0 amide bonds. The Kier molecular flexibility index (Phi) is 7.83. The normalized spacial score (nSPS) is 11.7. The number of hydrogen-bond donors (Lipinski definition) is 1. The molecule has 0 aliphatic heterocycles. The highest BCUT2D eigenvalue weighted by Crippen LogP contribution is 2.05. The van der Waals surface area contributed by atoms with Crippen molar-refractivity contribution >= 4 is 17.7 Å². The van der Waals surface area contributed by atoms with Crippen LogP contribution in [0.4, 0.5) is 0 Å². The lowest BCUT2D eigenvalue weighted by molar-refractivity contribution is -0.132. The summed E-state index contributed by atoms with van der Waals surface area (Å²) in [6.07, 6.45) is 2.35. The maximum atomic E-state index is 10.5.